The van der Waals surface area contributed by atoms with Gasteiger partial charge in [-0.25, -0.2) is 0 Å². The Labute approximate surface area is 124 Å². The second-order valence-electron chi connectivity index (χ2n) is 4.90. The molecular formula is C16H18ClN3. The second-order valence-corrected chi connectivity index (χ2v) is 5.33. The molecule has 0 aliphatic rings. The summed E-state index contributed by atoms with van der Waals surface area (Å²) in [5.74, 6) is 0.106. The maximum Gasteiger partial charge on any atom is 0.123 e. The van der Waals surface area contributed by atoms with E-state index in [1.807, 2.05) is 56.4 Å². The van der Waals surface area contributed by atoms with Gasteiger partial charge in [0, 0.05) is 29.9 Å². The smallest absolute Gasteiger partial charge is 0.123 e. The van der Waals surface area contributed by atoms with Gasteiger partial charge in [-0.2, -0.15) is 0 Å². The number of benzene rings is 2. The molecule has 0 bridgehead atoms. The Kier molecular flexibility index (Phi) is 4.30. The maximum atomic E-state index is 7.51. The molecule has 0 spiro atoms. The molecule has 3 N–H and O–H groups in total. The van der Waals surface area contributed by atoms with Crippen LogP contribution in [0.2, 0.25) is 5.02 Å². The summed E-state index contributed by atoms with van der Waals surface area (Å²) in [4.78, 5) is 2.15. The lowest BCUT2D eigenvalue weighted by Crippen LogP contribution is -2.18. The summed E-state index contributed by atoms with van der Waals surface area (Å²) < 4.78 is 0. The van der Waals surface area contributed by atoms with E-state index in [1.54, 1.807) is 0 Å². The molecule has 0 amide bonds. The van der Waals surface area contributed by atoms with Crippen LogP contribution in [0.25, 0.3) is 0 Å². The summed E-state index contributed by atoms with van der Waals surface area (Å²) in [5.41, 5.74) is 9.63. The number of nitrogens with one attached hydrogen (secondary N) is 1. The van der Waals surface area contributed by atoms with E-state index < -0.39 is 0 Å². The number of amidine groups is 1. The summed E-state index contributed by atoms with van der Waals surface area (Å²) in [6.07, 6.45) is 0. The van der Waals surface area contributed by atoms with Gasteiger partial charge in [0.05, 0.1) is 0 Å². The summed E-state index contributed by atoms with van der Waals surface area (Å²) >= 11 is 5.89. The highest BCUT2D eigenvalue weighted by molar-refractivity contribution is 6.30. The molecule has 104 valence electrons. The van der Waals surface area contributed by atoms with Gasteiger partial charge in [0.15, 0.2) is 0 Å². The molecule has 0 aromatic heterocycles. The first-order valence-corrected chi connectivity index (χ1v) is 6.76. The minimum atomic E-state index is 0.106. The molecule has 3 nitrogen and oxygen atoms in total. The van der Waals surface area contributed by atoms with Crippen LogP contribution in [-0.2, 0) is 6.54 Å². The monoisotopic (exact) mass is 287 g/mol. The molecule has 0 saturated heterocycles. The van der Waals surface area contributed by atoms with Crippen LogP contribution < -0.4 is 10.6 Å². The normalized spacial score (nSPS) is 10.3. The van der Waals surface area contributed by atoms with Gasteiger partial charge < -0.3 is 10.6 Å². The largest absolute Gasteiger partial charge is 0.384 e. The van der Waals surface area contributed by atoms with E-state index in [4.69, 9.17) is 22.7 Å². The summed E-state index contributed by atoms with van der Waals surface area (Å²) in [7, 11) is 2.04. The van der Waals surface area contributed by atoms with Crippen molar-refractivity contribution in [2.24, 2.45) is 5.73 Å². The fraction of sp³-hybridized carbons (Fsp3) is 0.188. The van der Waals surface area contributed by atoms with Crippen molar-refractivity contribution in [2.75, 3.05) is 11.9 Å². The lowest BCUT2D eigenvalue weighted by molar-refractivity contribution is 0.922. The van der Waals surface area contributed by atoms with Crippen molar-refractivity contribution in [3.63, 3.8) is 0 Å². The van der Waals surface area contributed by atoms with Crippen molar-refractivity contribution in [2.45, 2.75) is 13.5 Å². The van der Waals surface area contributed by atoms with E-state index in [0.717, 1.165) is 28.4 Å². The molecule has 2 aromatic rings. The fourth-order valence-electron chi connectivity index (χ4n) is 2.14. The van der Waals surface area contributed by atoms with E-state index in [1.165, 1.54) is 5.56 Å². The number of nitrogens with zero attached hydrogens (tertiary/aromatic N) is 1. The minimum Gasteiger partial charge on any atom is -0.384 e. The summed E-state index contributed by atoms with van der Waals surface area (Å²) in [5, 5.41) is 8.25. The average molecular weight is 288 g/mol. The Bertz CT molecular complexity index is 620. The maximum absolute atomic E-state index is 7.51. The van der Waals surface area contributed by atoms with Gasteiger partial charge in [-0.15, -0.1) is 0 Å². The van der Waals surface area contributed by atoms with Crippen LogP contribution in [0.5, 0.6) is 0 Å². The van der Waals surface area contributed by atoms with E-state index in [-0.39, 0.29) is 5.84 Å². The van der Waals surface area contributed by atoms with Crippen LogP contribution in [-0.4, -0.2) is 12.9 Å². The first-order valence-electron chi connectivity index (χ1n) is 6.38. The predicted molar refractivity (Wildman–Crippen MR) is 85.8 cm³/mol. The summed E-state index contributed by atoms with van der Waals surface area (Å²) in [6.45, 7) is 2.77. The van der Waals surface area contributed by atoms with Crippen LogP contribution in [0.1, 0.15) is 16.7 Å². The molecule has 0 heterocycles. The summed E-state index contributed by atoms with van der Waals surface area (Å²) in [6, 6.07) is 13.8. The Hall–Kier alpha value is -2.00. The highest BCUT2D eigenvalue weighted by Crippen LogP contribution is 2.20. The van der Waals surface area contributed by atoms with E-state index in [9.17, 15) is 0 Å². The molecule has 20 heavy (non-hydrogen) atoms. The molecule has 0 aliphatic heterocycles. The second kappa shape index (κ2) is 5.97. The van der Waals surface area contributed by atoms with Crippen molar-refractivity contribution in [1.29, 1.82) is 5.41 Å². The predicted octanol–water partition coefficient (Wildman–Crippen LogP) is 3.57. The number of hydrogen-bond acceptors (Lipinski definition) is 2. The van der Waals surface area contributed by atoms with Crippen LogP contribution in [0.3, 0.4) is 0 Å². The zero-order valence-electron chi connectivity index (χ0n) is 11.7. The third kappa shape index (κ3) is 3.31. The van der Waals surface area contributed by atoms with Gasteiger partial charge in [-0.3, -0.25) is 5.41 Å². The topological polar surface area (TPSA) is 53.1 Å². The number of nitrogen functional groups attached to an aromatic ring is 1. The lowest BCUT2D eigenvalue weighted by atomic mass is 10.1. The van der Waals surface area contributed by atoms with Crippen molar-refractivity contribution >= 4 is 23.1 Å². The minimum absolute atomic E-state index is 0.106. The zero-order valence-corrected chi connectivity index (χ0v) is 12.4. The van der Waals surface area contributed by atoms with E-state index in [0.29, 0.717) is 0 Å². The molecule has 0 atom stereocenters. The van der Waals surface area contributed by atoms with Crippen molar-refractivity contribution in [1.82, 2.24) is 0 Å². The van der Waals surface area contributed by atoms with Gasteiger partial charge in [0.25, 0.3) is 0 Å². The SMILES string of the molecule is Cc1cc(N(C)Cc2ccc(Cl)cc2)ccc1C(=N)N. The van der Waals surface area contributed by atoms with Crippen LogP contribution in [0, 0.1) is 12.3 Å². The van der Waals surface area contributed by atoms with Crippen LogP contribution >= 0.6 is 11.6 Å². The standard InChI is InChI=1S/C16H18ClN3/c1-11-9-14(7-8-15(11)16(18)19)20(2)10-12-3-5-13(17)6-4-12/h3-9H,10H2,1-2H3,(H3,18,19). The highest BCUT2D eigenvalue weighted by Gasteiger charge is 2.06. The molecule has 0 unspecified atom stereocenters. The molecular weight excluding hydrogens is 270 g/mol. The fourth-order valence-corrected chi connectivity index (χ4v) is 2.27. The highest BCUT2D eigenvalue weighted by atomic mass is 35.5. The Morgan fingerprint density at radius 3 is 2.40 bits per heavy atom. The van der Waals surface area contributed by atoms with Crippen molar-refractivity contribution in [3.05, 3.63) is 64.2 Å². The zero-order chi connectivity index (χ0) is 14.7. The van der Waals surface area contributed by atoms with Gasteiger partial charge in [0.2, 0.25) is 0 Å². The van der Waals surface area contributed by atoms with E-state index >= 15 is 0 Å². The Balaban J connectivity index is 2.17. The Morgan fingerprint density at radius 2 is 1.85 bits per heavy atom. The van der Waals surface area contributed by atoms with Gasteiger partial charge in [-0.05, 0) is 48.4 Å². The number of anilines is 1. The lowest BCUT2D eigenvalue weighted by Gasteiger charge is -2.20. The van der Waals surface area contributed by atoms with E-state index in [2.05, 4.69) is 4.90 Å². The molecule has 0 radical (unpaired) electrons. The number of nitrogens with two attached hydrogens (primary N) is 1. The molecule has 4 heteroatoms. The first-order chi connectivity index (χ1) is 9.47. The number of aryl methyl sites for hydroxylation is 1. The average Bonchev–Trinajstić information content (AvgIpc) is 2.40. The number of rotatable bonds is 4. The van der Waals surface area contributed by atoms with Gasteiger partial charge in [-0.1, -0.05) is 23.7 Å². The first kappa shape index (κ1) is 14.4. The van der Waals surface area contributed by atoms with Gasteiger partial charge in [0.1, 0.15) is 5.84 Å². The van der Waals surface area contributed by atoms with Crippen LogP contribution in [0.4, 0.5) is 5.69 Å². The molecule has 2 aromatic carbocycles. The molecule has 0 fully saturated rings. The van der Waals surface area contributed by atoms with Gasteiger partial charge >= 0.3 is 0 Å². The number of hydrogen-bond donors (Lipinski definition) is 2. The van der Waals surface area contributed by atoms with Crippen LogP contribution in [0.15, 0.2) is 42.5 Å². The van der Waals surface area contributed by atoms with Crippen molar-refractivity contribution < 1.29 is 0 Å². The molecule has 2 rings (SSSR count). The van der Waals surface area contributed by atoms with Crippen molar-refractivity contribution in [3.8, 4) is 0 Å². The third-order valence-electron chi connectivity index (χ3n) is 3.27. The quantitative estimate of drug-likeness (QED) is 0.667. The molecule has 0 aliphatic carbocycles. The molecule has 0 saturated carbocycles. The Morgan fingerprint density at radius 1 is 1.20 bits per heavy atom. The number of halogens is 1. The third-order valence-corrected chi connectivity index (χ3v) is 3.53.